The Morgan fingerprint density at radius 1 is 1.41 bits per heavy atom. The first kappa shape index (κ1) is 12.1. The highest BCUT2D eigenvalue weighted by atomic mass is 35.5. The van der Waals surface area contributed by atoms with Crippen LogP contribution in [0.25, 0.3) is 11.4 Å². The molecule has 1 aliphatic rings. The Bertz CT molecular complexity index is 538. The number of fused-ring (bicyclic) bond motifs is 1. The molecule has 3 rings (SSSR count). The molecule has 0 amide bonds. The maximum absolute atomic E-state index is 5.99. The fraction of sp³-hybridized carbons (Fsp3) is 0.333. The summed E-state index contributed by atoms with van der Waals surface area (Å²) in [5.74, 6) is 1.24. The van der Waals surface area contributed by atoms with Gasteiger partial charge in [0.1, 0.15) is 0 Å². The van der Waals surface area contributed by atoms with Gasteiger partial charge in [-0.3, -0.25) is 0 Å². The van der Waals surface area contributed by atoms with Gasteiger partial charge in [0, 0.05) is 18.5 Å². The number of nitrogens with zero attached hydrogens (tertiary/aromatic N) is 2. The lowest BCUT2D eigenvalue weighted by Gasteiger charge is -2.04. The zero-order valence-corrected chi connectivity index (χ0v) is 10.3. The number of benzene rings is 1. The van der Waals surface area contributed by atoms with E-state index in [-0.39, 0.29) is 18.4 Å². The van der Waals surface area contributed by atoms with Crippen molar-refractivity contribution >= 4 is 12.4 Å². The quantitative estimate of drug-likeness (QED) is 0.845. The lowest BCUT2D eigenvalue weighted by molar-refractivity contribution is 0.394. The Morgan fingerprint density at radius 3 is 2.94 bits per heavy atom. The molecule has 5 heteroatoms. The van der Waals surface area contributed by atoms with Gasteiger partial charge in [0.15, 0.2) is 0 Å². The lowest BCUT2D eigenvalue weighted by Crippen LogP contribution is -2.04. The molecule has 0 saturated heterocycles. The summed E-state index contributed by atoms with van der Waals surface area (Å²) in [6, 6.07) is 6.39. The second kappa shape index (κ2) is 4.47. The molecule has 0 bridgehead atoms. The van der Waals surface area contributed by atoms with Gasteiger partial charge >= 0.3 is 0 Å². The molecule has 0 fully saturated rings. The summed E-state index contributed by atoms with van der Waals surface area (Å²) >= 11 is 0. The normalized spacial score (nSPS) is 17.6. The van der Waals surface area contributed by atoms with Gasteiger partial charge in [-0.15, -0.1) is 12.4 Å². The van der Waals surface area contributed by atoms with Crippen LogP contribution in [0.2, 0.25) is 0 Å². The summed E-state index contributed by atoms with van der Waals surface area (Å²) in [4.78, 5) is 4.22. The van der Waals surface area contributed by atoms with E-state index < -0.39 is 0 Å². The Balaban J connectivity index is 0.00000108. The Kier molecular flexibility index (Phi) is 3.17. The predicted octanol–water partition coefficient (Wildman–Crippen LogP) is 2.41. The molecule has 2 N–H and O–H groups in total. The summed E-state index contributed by atoms with van der Waals surface area (Å²) in [7, 11) is 0. The minimum absolute atomic E-state index is 0. The van der Waals surface area contributed by atoms with E-state index >= 15 is 0 Å². The average Bonchev–Trinajstić information content (AvgIpc) is 2.86. The fourth-order valence-corrected chi connectivity index (χ4v) is 2.21. The second-order valence-corrected chi connectivity index (χ2v) is 4.20. The van der Waals surface area contributed by atoms with Crippen molar-refractivity contribution in [1.29, 1.82) is 0 Å². The molecule has 1 aromatic carbocycles. The molecule has 0 spiro atoms. The summed E-state index contributed by atoms with van der Waals surface area (Å²) < 4.78 is 4.97. The van der Waals surface area contributed by atoms with Crippen LogP contribution < -0.4 is 5.73 Å². The number of hydrogen-bond acceptors (Lipinski definition) is 4. The van der Waals surface area contributed by atoms with Crippen LogP contribution >= 0.6 is 12.4 Å². The number of hydrogen-bond donors (Lipinski definition) is 1. The van der Waals surface area contributed by atoms with Crippen molar-refractivity contribution in [2.75, 3.05) is 0 Å². The molecule has 4 nitrogen and oxygen atoms in total. The third-order valence-electron chi connectivity index (χ3n) is 3.05. The Morgan fingerprint density at radius 2 is 2.24 bits per heavy atom. The minimum Gasteiger partial charge on any atom is -0.339 e. The van der Waals surface area contributed by atoms with Gasteiger partial charge < -0.3 is 10.3 Å². The standard InChI is InChI=1S/C12H13N3O.ClH/c1-7-14-12(15-16-7)9-2-4-10-8(6-9)3-5-11(10)13;/h2,4,6,11H,3,5,13H2,1H3;1H/t11-;/m1./s1. The Labute approximate surface area is 106 Å². The van der Waals surface area contributed by atoms with Crippen molar-refractivity contribution in [3.8, 4) is 11.4 Å². The van der Waals surface area contributed by atoms with Crippen LogP contribution in [0.4, 0.5) is 0 Å². The highest BCUT2D eigenvalue weighted by molar-refractivity contribution is 5.85. The van der Waals surface area contributed by atoms with E-state index in [1.807, 2.05) is 6.07 Å². The van der Waals surface area contributed by atoms with Gasteiger partial charge in [-0.25, -0.2) is 0 Å². The third-order valence-corrected chi connectivity index (χ3v) is 3.05. The van der Waals surface area contributed by atoms with E-state index in [2.05, 4.69) is 22.3 Å². The average molecular weight is 252 g/mol. The molecule has 17 heavy (non-hydrogen) atoms. The predicted molar refractivity (Wildman–Crippen MR) is 67.0 cm³/mol. The number of nitrogens with two attached hydrogens (primary N) is 1. The zero-order valence-electron chi connectivity index (χ0n) is 9.51. The van der Waals surface area contributed by atoms with Crippen molar-refractivity contribution in [3.05, 3.63) is 35.2 Å². The molecule has 0 aliphatic heterocycles. The monoisotopic (exact) mass is 251 g/mol. The number of halogens is 1. The van der Waals surface area contributed by atoms with E-state index in [4.69, 9.17) is 10.3 Å². The molecule has 1 aliphatic carbocycles. The molecule has 0 unspecified atom stereocenters. The highest BCUT2D eigenvalue weighted by Gasteiger charge is 2.19. The van der Waals surface area contributed by atoms with E-state index in [9.17, 15) is 0 Å². The summed E-state index contributed by atoms with van der Waals surface area (Å²) in [6.07, 6.45) is 2.07. The van der Waals surface area contributed by atoms with Gasteiger partial charge in [-0.2, -0.15) is 4.98 Å². The molecule has 1 heterocycles. The minimum atomic E-state index is 0. The number of aromatic nitrogens is 2. The first-order valence-corrected chi connectivity index (χ1v) is 5.43. The summed E-state index contributed by atoms with van der Waals surface area (Å²) in [5, 5.41) is 3.91. The molecule has 1 aromatic heterocycles. The molecule has 2 aromatic rings. The highest BCUT2D eigenvalue weighted by Crippen LogP contribution is 2.31. The van der Waals surface area contributed by atoms with Crippen molar-refractivity contribution in [1.82, 2.24) is 10.1 Å². The summed E-state index contributed by atoms with van der Waals surface area (Å²) in [6.45, 7) is 1.79. The van der Waals surface area contributed by atoms with Gasteiger partial charge in [0.2, 0.25) is 11.7 Å². The first-order chi connectivity index (χ1) is 7.74. The SMILES string of the molecule is Cc1nc(-c2ccc3c(c2)CC[C@H]3N)no1.Cl. The van der Waals surface area contributed by atoms with Gasteiger partial charge in [-0.05, 0) is 30.0 Å². The van der Waals surface area contributed by atoms with Crippen molar-refractivity contribution in [3.63, 3.8) is 0 Å². The van der Waals surface area contributed by atoms with E-state index in [1.165, 1.54) is 11.1 Å². The largest absolute Gasteiger partial charge is 0.339 e. The second-order valence-electron chi connectivity index (χ2n) is 4.20. The maximum Gasteiger partial charge on any atom is 0.223 e. The molecule has 0 saturated carbocycles. The van der Waals surface area contributed by atoms with E-state index in [0.29, 0.717) is 11.7 Å². The number of aryl methyl sites for hydroxylation is 2. The molecule has 90 valence electrons. The van der Waals surface area contributed by atoms with Gasteiger partial charge in [-0.1, -0.05) is 17.3 Å². The molecular formula is C12H14ClN3O. The van der Waals surface area contributed by atoms with Gasteiger partial charge in [0.25, 0.3) is 0 Å². The lowest BCUT2D eigenvalue weighted by atomic mass is 10.0. The van der Waals surface area contributed by atoms with Crippen LogP contribution in [0.5, 0.6) is 0 Å². The van der Waals surface area contributed by atoms with Crippen LogP contribution in [0.3, 0.4) is 0 Å². The first-order valence-electron chi connectivity index (χ1n) is 5.43. The van der Waals surface area contributed by atoms with E-state index in [1.54, 1.807) is 6.92 Å². The van der Waals surface area contributed by atoms with E-state index in [0.717, 1.165) is 18.4 Å². The molecule has 1 atom stereocenters. The zero-order chi connectivity index (χ0) is 11.1. The van der Waals surface area contributed by atoms with Crippen molar-refractivity contribution < 1.29 is 4.52 Å². The van der Waals surface area contributed by atoms with Crippen LogP contribution in [0.1, 0.15) is 29.5 Å². The number of rotatable bonds is 1. The maximum atomic E-state index is 5.99. The van der Waals surface area contributed by atoms with Crippen LogP contribution in [-0.4, -0.2) is 10.1 Å². The Hall–Kier alpha value is -1.39. The van der Waals surface area contributed by atoms with Crippen LogP contribution in [-0.2, 0) is 6.42 Å². The summed E-state index contributed by atoms with van der Waals surface area (Å²) in [5.41, 5.74) is 9.56. The van der Waals surface area contributed by atoms with Crippen molar-refractivity contribution in [2.45, 2.75) is 25.8 Å². The smallest absolute Gasteiger partial charge is 0.223 e. The third kappa shape index (κ3) is 2.06. The molecular weight excluding hydrogens is 238 g/mol. The van der Waals surface area contributed by atoms with Crippen LogP contribution in [0.15, 0.2) is 22.7 Å². The van der Waals surface area contributed by atoms with Crippen LogP contribution in [0, 0.1) is 6.92 Å². The topological polar surface area (TPSA) is 64.9 Å². The van der Waals surface area contributed by atoms with Gasteiger partial charge in [0.05, 0.1) is 0 Å². The fourth-order valence-electron chi connectivity index (χ4n) is 2.21. The van der Waals surface area contributed by atoms with Crippen molar-refractivity contribution in [2.24, 2.45) is 5.73 Å². The molecule has 0 radical (unpaired) electrons.